The van der Waals surface area contributed by atoms with E-state index in [9.17, 15) is 4.79 Å². The lowest BCUT2D eigenvalue weighted by Gasteiger charge is -2.15. The van der Waals surface area contributed by atoms with E-state index in [1.165, 1.54) is 0 Å². The molecule has 0 aliphatic carbocycles. The largest absolute Gasteiger partial charge is 0.396 e. The summed E-state index contributed by atoms with van der Waals surface area (Å²) >= 11 is 0. The van der Waals surface area contributed by atoms with E-state index in [-0.39, 0.29) is 12.5 Å². The molecule has 1 saturated heterocycles. The topological polar surface area (TPSA) is 40.5 Å². The number of rotatable bonds is 7. The van der Waals surface area contributed by atoms with E-state index in [4.69, 9.17) is 5.11 Å². The summed E-state index contributed by atoms with van der Waals surface area (Å²) in [6.45, 7) is 5.72. The zero-order chi connectivity index (χ0) is 11.1. The predicted octanol–water partition coefficient (Wildman–Crippen LogP) is 1.57. The first-order valence-corrected chi connectivity index (χ1v) is 5.79. The van der Waals surface area contributed by atoms with Crippen molar-refractivity contribution in [3.63, 3.8) is 0 Å². The van der Waals surface area contributed by atoms with Crippen molar-refractivity contribution in [3.05, 3.63) is 12.7 Å². The van der Waals surface area contributed by atoms with Crippen LogP contribution in [-0.4, -0.2) is 35.6 Å². The quantitative estimate of drug-likeness (QED) is 0.513. The first-order chi connectivity index (χ1) is 7.27. The van der Waals surface area contributed by atoms with Crippen LogP contribution in [0.2, 0.25) is 0 Å². The minimum atomic E-state index is 0.266. The number of amides is 1. The molecule has 1 atom stereocenters. The fourth-order valence-corrected chi connectivity index (χ4v) is 1.94. The van der Waals surface area contributed by atoms with E-state index in [0.29, 0.717) is 12.3 Å². The Morgan fingerprint density at radius 2 is 2.13 bits per heavy atom. The summed E-state index contributed by atoms with van der Waals surface area (Å²) in [5, 5.41) is 8.61. The number of aliphatic hydroxyl groups excluding tert-OH is 1. The highest BCUT2D eigenvalue weighted by molar-refractivity contribution is 5.78. The van der Waals surface area contributed by atoms with Crippen LogP contribution in [0.3, 0.4) is 0 Å². The van der Waals surface area contributed by atoms with Crippen LogP contribution in [0.15, 0.2) is 12.7 Å². The first-order valence-electron chi connectivity index (χ1n) is 5.79. The number of hydrogen-bond donors (Lipinski definition) is 1. The molecule has 15 heavy (non-hydrogen) atoms. The number of hydrogen-bond acceptors (Lipinski definition) is 2. The fraction of sp³-hybridized carbons (Fsp3) is 0.750. The van der Waals surface area contributed by atoms with Crippen LogP contribution in [0, 0.1) is 5.92 Å². The molecular formula is C12H21NO2. The van der Waals surface area contributed by atoms with E-state index >= 15 is 0 Å². The van der Waals surface area contributed by atoms with E-state index in [1.807, 2.05) is 11.0 Å². The minimum absolute atomic E-state index is 0.266. The van der Waals surface area contributed by atoms with E-state index in [0.717, 1.165) is 38.8 Å². The fourth-order valence-electron chi connectivity index (χ4n) is 1.94. The summed E-state index contributed by atoms with van der Waals surface area (Å²) in [6.07, 6.45) is 6.61. The second-order valence-corrected chi connectivity index (χ2v) is 4.18. The molecule has 1 fully saturated rings. The second-order valence-electron chi connectivity index (χ2n) is 4.18. The highest BCUT2D eigenvalue weighted by Crippen LogP contribution is 2.18. The Morgan fingerprint density at radius 3 is 2.73 bits per heavy atom. The van der Waals surface area contributed by atoms with Gasteiger partial charge in [0.2, 0.25) is 5.91 Å². The molecule has 0 bridgehead atoms. The molecule has 3 heteroatoms. The summed E-state index contributed by atoms with van der Waals surface area (Å²) in [5.41, 5.74) is 0. The van der Waals surface area contributed by atoms with Gasteiger partial charge in [0.15, 0.2) is 0 Å². The molecule has 0 spiro atoms. The van der Waals surface area contributed by atoms with Gasteiger partial charge in [-0.2, -0.15) is 0 Å². The molecule has 1 N–H and O–H groups in total. The maximum absolute atomic E-state index is 11.5. The molecular weight excluding hydrogens is 190 g/mol. The SMILES string of the molecule is C=CC1CC(=O)N(CCCCCCO)C1. The number of carbonyl (C=O) groups is 1. The van der Waals surface area contributed by atoms with Crippen LogP contribution in [0.25, 0.3) is 0 Å². The van der Waals surface area contributed by atoms with Gasteiger partial charge in [-0.25, -0.2) is 0 Å². The molecule has 1 aliphatic rings. The van der Waals surface area contributed by atoms with E-state index in [1.54, 1.807) is 0 Å². The van der Waals surface area contributed by atoms with Crippen molar-refractivity contribution >= 4 is 5.91 Å². The molecule has 3 nitrogen and oxygen atoms in total. The highest BCUT2D eigenvalue weighted by Gasteiger charge is 2.26. The lowest BCUT2D eigenvalue weighted by atomic mass is 10.1. The number of nitrogens with zero attached hydrogens (tertiary/aromatic N) is 1. The Kier molecular flexibility index (Phi) is 5.40. The Morgan fingerprint density at radius 1 is 1.40 bits per heavy atom. The number of aliphatic hydroxyl groups is 1. The van der Waals surface area contributed by atoms with Gasteiger partial charge in [-0.1, -0.05) is 18.9 Å². The van der Waals surface area contributed by atoms with Gasteiger partial charge >= 0.3 is 0 Å². The van der Waals surface area contributed by atoms with Gasteiger partial charge in [-0.05, 0) is 12.8 Å². The Balaban J connectivity index is 2.11. The zero-order valence-electron chi connectivity index (χ0n) is 9.32. The molecule has 0 aromatic carbocycles. The van der Waals surface area contributed by atoms with Gasteiger partial charge in [0, 0.05) is 32.0 Å². The maximum Gasteiger partial charge on any atom is 0.223 e. The van der Waals surface area contributed by atoms with Crippen molar-refractivity contribution in [2.75, 3.05) is 19.7 Å². The molecule has 1 aliphatic heterocycles. The average Bonchev–Trinajstić information content (AvgIpc) is 2.59. The van der Waals surface area contributed by atoms with Crippen LogP contribution in [0.5, 0.6) is 0 Å². The Labute approximate surface area is 91.8 Å². The van der Waals surface area contributed by atoms with Crippen molar-refractivity contribution in [1.29, 1.82) is 0 Å². The van der Waals surface area contributed by atoms with Crippen molar-refractivity contribution in [3.8, 4) is 0 Å². The molecule has 1 amide bonds. The average molecular weight is 211 g/mol. The summed E-state index contributed by atoms with van der Waals surface area (Å²) in [6, 6.07) is 0. The summed E-state index contributed by atoms with van der Waals surface area (Å²) < 4.78 is 0. The van der Waals surface area contributed by atoms with Gasteiger partial charge < -0.3 is 10.0 Å². The lowest BCUT2D eigenvalue weighted by Crippen LogP contribution is -2.26. The van der Waals surface area contributed by atoms with Gasteiger partial charge in [0.25, 0.3) is 0 Å². The van der Waals surface area contributed by atoms with Gasteiger partial charge in [0.05, 0.1) is 0 Å². The summed E-state index contributed by atoms with van der Waals surface area (Å²) in [5.74, 6) is 0.622. The highest BCUT2D eigenvalue weighted by atomic mass is 16.2. The Hall–Kier alpha value is -0.830. The summed E-state index contributed by atoms with van der Waals surface area (Å²) in [7, 11) is 0. The van der Waals surface area contributed by atoms with Crippen molar-refractivity contribution in [1.82, 2.24) is 4.90 Å². The first kappa shape index (κ1) is 12.2. The van der Waals surface area contributed by atoms with Gasteiger partial charge in [-0.15, -0.1) is 6.58 Å². The normalized spacial score (nSPS) is 21.0. The zero-order valence-corrected chi connectivity index (χ0v) is 9.32. The molecule has 0 saturated carbocycles. The minimum Gasteiger partial charge on any atom is -0.396 e. The summed E-state index contributed by atoms with van der Waals surface area (Å²) in [4.78, 5) is 13.4. The van der Waals surface area contributed by atoms with Crippen molar-refractivity contribution in [2.24, 2.45) is 5.92 Å². The maximum atomic E-state index is 11.5. The lowest BCUT2D eigenvalue weighted by molar-refractivity contribution is -0.127. The van der Waals surface area contributed by atoms with Gasteiger partial charge in [-0.3, -0.25) is 4.79 Å². The molecule has 1 rings (SSSR count). The third-order valence-corrected chi connectivity index (χ3v) is 2.91. The van der Waals surface area contributed by atoms with Crippen LogP contribution in [-0.2, 0) is 4.79 Å². The van der Waals surface area contributed by atoms with E-state index in [2.05, 4.69) is 6.58 Å². The number of unbranched alkanes of at least 4 members (excludes halogenated alkanes) is 3. The molecule has 86 valence electrons. The van der Waals surface area contributed by atoms with Crippen LogP contribution in [0.1, 0.15) is 32.1 Å². The standard InChI is InChI=1S/C12H21NO2/c1-2-11-9-12(15)13(10-11)7-5-3-4-6-8-14/h2,11,14H,1,3-10H2. The number of carbonyl (C=O) groups excluding carboxylic acids is 1. The van der Waals surface area contributed by atoms with Crippen LogP contribution >= 0.6 is 0 Å². The Bertz CT molecular complexity index is 216. The molecule has 1 unspecified atom stereocenters. The molecule has 0 radical (unpaired) electrons. The van der Waals surface area contributed by atoms with Crippen LogP contribution in [0.4, 0.5) is 0 Å². The number of likely N-dealkylation sites (tertiary alicyclic amines) is 1. The third-order valence-electron chi connectivity index (χ3n) is 2.91. The van der Waals surface area contributed by atoms with Crippen molar-refractivity contribution in [2.45, 2.75) is 32.1 Å². The smallest absolute Gasteiger partial charge is 0.223 e. The van der Waals surface area contributed by atoms with E-state index < -0.39 is 0 Å². The molecule has 0 aromatic heterocycles. The monoisotopic (exact) mass is 211 g/mol. The van der Waals surface area contributed by atoms with Crippen LogP contribution < -0.4 is 0 Å². The predicted molar refractivity (Wildman–Crippen MR) is 60.4 cm³/mol. The molecule has 1 heterocycles. The second kappa shape index (κ2) is 6.62. The van der Waals surface area contributed by atoms with Crippen molar-refractivity contribution < 1.29 is 9.90 Å². The van der Waals surface area contributed by atoms with Gasteiger partial charge in [0.1, 0.15) is 0 Å². The third kappa shape index (κ3) is 4.04. The molecule has 0 aromatic rings.